The molecule has 1 heterocycles. The summed E-state index contributed by atoms with van der Waals surface area (Å²) in [6.07, 6.45) is 1.21. The molecule has 0 aromatic carbocycles. The summed E-state index contributed by atoms with van der Waals surface area (Å²) in [5.74, 6) is 1.33. The van der Waals surface area contributed by atoms with E-state index in [2.05, 4.69) is 51.8 Å². The number of nitrogens with zero attached hydrogens (tertiary/aromatic N) is 1. The van der Waals surface area contributed by atoms with E-state index in [-0.39, 0.29) is 0 Å². The Bertz CT molecular complexity index is 243. The number of hydrogen-bond donors (Lipinski definition) is 1. The van der Waals surface area contributed by atoms with Crippen molar-refractivity contribution in [3.63, 3.8) is 0 Å². The summed E-state index contributed by atoms with van der Waals surface area (Å²) in [6.45, 7) is 17.7. The van der Waals surface area contributed by atoms with Gasteiger partial charge < -0.3 is 10.1 Å². The van der Waals surface area contributed by atoms with Gasteiger partial charge in [-0.1, -0.05) is 34.6 Å². The summed E-state index contributed by atoms with van der Waals surface area (Å²) < 4.78 is 5.75. The molecule has 1 aliphatic heterocycles. The van der Waals surface area contributed by atoms with Crippen molar-refractivity contribution in [1.29, 1.82) is 0 Å². The van der Waals surface area contributed by atoms with Crippen molar-refractivity contribution in [2.45, 2.75) is 66.1 Å². The molecule has 0 aromatic rings. The molecule has 0 radical (unpaired) electrons. The Balaban J connectivity index is 2.79. The van der Waals surface area contributed by atoms with Crippen molar-refractivity contribution in [2.75, 3.05) is 26.3 Å². The fourth-order valence-corrected chi connectivity index (χ4v) is 3.04. The molecular formula is C16H34N2O. The van der Waals surface area contributed by atoms with Gasteiger partial charge in [-0.2, -0.15) is 0 Å². The Kier molecular flexibility index (Phi) is 7.33. The molecule has 1 fully saturated rings. The van der Waals surface area contributed by atoms with Gasteiger partial charge in [0.2, 0.25) is 0 Å². The summed E-state index contributed by atoms with van der Waals surface area (Å²) in [7, 11) is 0. The predicted molar refractivity (Wildman–Crippen MR) is 82.5 cm³/mol. The van der Waals surface area contributed by atoms with Crippen LogP contribution in [0.15, 0.2) is 0 Å². The van der Waals surface area contributed by atoms with E-state index in [0.717, 1.165) is 26.3 Å². The molecule has 19 heavy (non-hydrogen) atoms. The van der Waals surface area contributed by atoms with Crippen LogP contribution in [0.1, 0.15) is 48.0 Å². The first kappa shape index (κ1) is 16.9. The van der Waals surface area contributed by atoms with Gasteiger partial charge in [0, 0.05) is 37.8 Å². The Morgan fingerprint density at radius 1 is 1.21 bits per heavy atom. The first-order valence-electron chi connectivity index (χ1n) is 8.08. The molecule has 0 amide bonds. The average Bonchev–Trinajstić information content (AvgIpc) is 2.38. The minimum atomic E-state index is 0.545. The highest BCUT2D eigenvalue weighted by Crippen LogP contribution is 2.23. The molecule has 1 rings (SSSR count). The van der Waals surface area contributed by atoms with E-state index in [0.29, 0.717) is 30.0 Å². The van der Waals surface area contributed by atoms with Gasteiger partial charge in [0.1, 0.15) is 0 Å². The van der Waals surface area contributed by atoms with E-state index in [1.165, 1.54) is 6.42 Å². The molecule has 0 saturated carbocycles. The van der Waals surface area contributed by atoms with E-state index in [9.17, 15) is 0 Å². The van der Waals surface area contributed by atoms with Crippen LogP contribution in [0, 0.1) is 11.8 Å². The molecule has 0 spiro atoms. The Morgan fingerprint density at radius 3 is 2.37 bits per heavy atom. The third-order valence-electron chi connectivity index (χ3n) is 4.42. The fraction of sp³-hybridized carbons (Fsp3) is 1.00. The summed E-state index contributed by atoms with van der Waals surface area (Å²) in [5, 5.41) is 3.70. The largest absolute Gasteiger partial charge is 0.380 e. The van der Waals surface area contributed by atoms with E-state index >= 15 is 0 Å². The first-order valence-corrected chi connectivity index (χ1v) is 8.08. The third kappa shape index (κ3) is 4.73. The van der Waals surface area contributed by atoms with Gasteiger partial charge in [-0.25, -0.2) is 0 Å². The number of ether oxygens (including phenoxy) is 1. The maximum atomic E-state index is 5.75. The zero-order valence-electron chi connectivity index (χ0n) is 13.8. The van der Waals surface area contributed by atoms with Crippen molar-refractivity contribution in [1.82, 2.24) is 10.2 Å². The summed E-state index contributed by atoms with van der Waals surface area (Å²) >= 11 is 0. The second kappa shape index (κ2) is 8.23. The van der Waals surface area contributed by atoms with Gasteiger partial charge in [-0.15, -0.1) is 0 Å². The number of rotatable bonds is 7. The molecule has 0 aromatic heterocycles. The van der Waals surface area contributed by atoms with Gasteiger partial charge in [0.15, 0.2) is 0 Å². The molecule has 0 aliphatic carbocycles. The number of hydrogen-bond acceptors (Lipinski definition) is 3. The molecule has 114 valence electrons. The van der Waals surface area contributed by atoms with Crippen molar-refractivity contribution >= 4 is 0 Å². The molecule has 1 N–H and O–H groups in total. The molecule has 1 saturated heterocycles. The minimum Gasteiger partial charge on any atom is -0.380 e. The maximum absolute atomic E-state index is 5.75. The van der Waals surface area contributed by atoms with Crippen LogP contribution in [0.5, 0.6) is 0 Å². The zero-order valence-corrected chi connectivity index (χ0v) is 13.8. The van der Waals surface area contributed by atoms with Crippen LogP contribution in [0.25, 0.3) is 0 Å². The molecule has 3 unspecified atom stereocenters. The van der Waals surface area contributed by atoms with Crippen LogP contribution < -0.4 is 5.32 Å². The van der Waals surface area contributed by atoms with E-state index in [1.807, 2.05) is 0 Å². The van der Waals surface area contributed by atoms with Crippen molar-refractivity contribution < 1.29 is 4.74 Å². The van der Waals surface area contributed by atoms with Crippen LogP contribution in [0.2, 0.25) is 0 Å². The van der Waals surface area contributed by atoms with Crippen LogP contribution in [-0.4, -0.2) is 49.3 Å². The topological polar surface area (TPSA) is 24.5 Å². The molecular weight excluding hydrogens is 236 g/mol. The highest BCUT2D eigenvalue weighted by Gasteiger charge is 2.35. The Morgan fingerprint density at radius 2 is 1.89 bits per heavy atom. The van der Waals surface area contributed by atoms with Crippen LogP contribution in [-0.2, 0) is 4.74 Å². The monoisotopic (exact) mass is 270 g/mol. The molecule has 0 bridgehead atoms. The highest BCUT2D eigenvalue weighted by molar-refractivity contribution is 4.91. The summed E-state index contributed by atoms with van der Waals surface area (Å²) in [4.78, 5) is 2.72. The van der Waals surface area contributed by atoms with Crippen molar-refractivity contribution in [3.05, 3.63) is 0 Å². The number of piperazine rings is 1. The summed E-state index contributed by atoms with van der Waals surface area (Å²) in [6, 6.07) is 1.82. The Hall–Kier alpha value is -0.120. The van der Waals surface area contributed by atoms with Gasteiger partial charge in [0.25, 0.3) is 0 Å². The molecule has 3 heteroatoms. The lowest BCUT2D eigenvalue weighted by Crippen LogP contribution is -2.62. The fourth-order valence-electron chi connectivity index (χ4n) is 3.04. The lowest BCUT2D eigenvalue weighted by atomic mass is 9.92. The van der Waals surface area contributed by atoms with E-state index in [4.69, 9.17) is 4.74 Å². The second-order valence-electron chi connectivity index (χ2n) is 6.49. The minimum absolute atomic E-state index is 0.545. The van der Waals surface area contributed by atoms with E-state index < -0.39 is 0 Å². The second-order valence-corrected chi connectivity index (χ2v) is 6.49. The van der Waals surface area contributed by atoms with Crippen LogP contribution in [0.4, 0.5) is 0 Å². The maximum Gasteiger partial charge on any atom is 0.0624 e. The standard InChI is InChI=1S/C16H34N2O/c1-7-14-10-18(15(9-17-14)12(3)4)16(13(5)6)11-19-8-2/h12-17H,7-11H2,1-6H3. The predicted octanol–water partition coefficient (Wildman–Crippen LogP) is 2.76. The zero-order chi connectivity index (χ0) is 14.4. The van der Waals surface area contributed by atoms with Crippen LogP contribution in [0.3, 0.4) is 0 Å². The smallest absolute Gasteiger partial charge is 0.0624 e. The highest BCUT2D eigenvalue weighted by atomic mass is 16.5. The van der Waals surface area contributed by atoms with Crippen LogP contribution >= 0.6 is 0 Å². The van der Waals surface area contributed by atoms with E-state index in [1.54, 1.807) is 0 Å². The Labute approximate surface area is 120 Å². The lowest BCUT2D eigenvalue weighted by molar-refractivity contribution is -0.0120. The van der Waals surface area contributed by atoms with Gasteiger partial charge in [-0.3, -0.25) is 4.90 Å². The van der Waals surface area contributed by atoms with Gasteiger partial charge in [-0.05, 0) is 25.2 Å². The normalized spacial score (nSPS) is 27.2. The number of nitrogens with one attached hydrogen (secondary N) is 1. The van der Waals surface area contributed by atoms with Crippen molar-refractivity contribution in [3.8, 4) is 0 Å². The lowest BCUT2D eigenvalue weighted by Gasteiger charge is -2.47. The van der Waals surface area contributed by atoms with Gasteiger partial charge >= 0.3 is 0 Å². The first-order chi connectivity index (χ1) is 9.01. The molecule has 3 nitrogen and oxygen atoms in total. The molecule has 1 aliphatic rings. The SMILES string of the molecule is CCOCC(C(C)C)N1CC(CC)NCC1C(C)C. The third-order valence-corrected chi connectivity index (χ3v) is 4.42. The van der Waals surface area contributed by atoms with Crippen molar-refractivity contribution in [2.24, 2.45) is 11.8 Å². The quantitative estimate of drug-likeness (QED) is 0.770. The average molecular weight is 270 g/mol. The summed E-state index contributed by atoms with van der Waals surface area (Å²) in [5.41, 5.74) is 0. The van der Waals surface area contributed by atoms with Gasteiger partial charge in [0.05, 0.1) is 6.61 Å². The molecule has 3 atom stereocenters.